The second-order valence-corrected chi connectivity index (χ2v) is 5.93. The van der Waals surface area contributed by atoms with E-state index >= 15 is 0 Å². The van der Waals surface area contributed by atoms with Crippen molar-refractivity contribution in [3.05, 3.63) is 5.82 Å². The number of thioether (sulfide) groups is 1. The summed E-state index contributed by atoms with van der Waals surface area (Å²) in [5, 5.41) is 9.36. The fourth-order valence-electron chi connectivity index (χ4n) is 2.09. The maximum absolute atomic E-state index is 10.9. The van der Waals surface area contributed by atoms with Crippen molar-refractivity contribution in [3.8, 4) is 0 Å². The van der Waals surface area contributed by atoms with Crippen molar-refractivity contribution < 1.29 is 4.79 Å². The number of nitrogens with two attached hydrogens (primary N) is 1. The molecule has 0 fully saturated rings. The SMILES string of the molecule is CCCCn1c(SCC(N)=O)nnc1[C@@H](CC)N(C)C. The highest BCUT2D eigenvalue weighted by molar-refractivity contribution is 7.99. The van der Waals surface area contributed by atoms with Crippen molar-refractivity contribution in [2.75, 3.05) is 19.8 Å². The van der Waals surface area contributed by atoms with Gasteiger partial charge in [0.25, 0.3) is 0 Å². The third-order valence-corrected chi connectivity index (χ3v) is 4.12. The lowest BCUT2D eigenvalue weighted by atomic mass is 10.2. The van der Waals surface area contributed by atoms with Crippen LogP contribution in [-0.4, -0.2) is 45.4 Å². The Morgan fingerprint density at radius 1 is 1.40 bits per heavy atom. The second kappa shape index (κ2) is 8.26. The van der Waals surface area contributed by atoms with Gasteiger partial charge in [0, 0.05) is 6.54 Å². The van der Waals surface area contributed by atoms with E-state index in [0.29, 0.717) is 0 Å². The predicted octanol–water partition coefficient (Wildman–Crippen LogP) is 1.67. The van der Waals surface area contributed by atoms with Crippen molar-refractivity contribution in [2.24, 2.45) is 5.73 Å². The highest BCUT2D eigenvalue weighted by Gasteiger charge is 2.21. The minimum atomic E-state index is -0.332. The molecule has 0 unspecified atom stereocenters. The molecule has 0 aliphatic carbocycles. The Morgan fingerprint density at radius 3 is 2.60 bits per heavy atom. The standard InChI is InChI=1S/C13H25N5OS/c1-5-7-8-18-12(10(6-2)17(3)4)15-16-13(18)20-9-11(14)19/h10H,5-9H2,1-4H3,(H2,14,19)/t10-/m1/s1. The number of primary amides is 1. The number of amides is 1. The first-order valence-electron chi connectivity index (χ1n) is 7.01. The highest BCUT2D eigenvalue weighted by Crippen LogP contribution is 2.25. The van der Waals surface area contributed by atoms with Crippen LogP contribution in [-0.2, 0) is 11.3 Å². The molecule has 1 aromatic heterocycles. The first kappa shape index (κ1) is 17.0. The molecule has 1 aromatic rings. The van der Waals surface area contributed by atoms with Crippen LogP contribution in [0.5, 0.6) is 0 Å². The molecule has 0 aliphatic rings. The summed E-state index contributed by atoms with van der Waals surface area (Å²) in [4.78, 5) is 13.1. The van der Waals surface area contributed by atoms with E-state index in [2.05, 4.69) is 33.5 Å². The summed E-state index contributed by atoms with van der Waals surface area (Å²) < 4.78 is 2.13. The molecule has 114 valence electrons. The summed E-state index contributed by atoms with van der Waals surface area (Å²) in [5.74, 6) is 0.877. The zero-order valence-electron chi connectivity index (χ0n) is 12.8. The van der Waals surface area contributed by atoms with Crippen LogP contribution in [0.15, 0.2) is 5.16 Å². The van der Waals surface area contributed by atoms with E-state index < -0.39 is 0 Å². The average Bonchev–Trinajstić information content (AvgIpc) is 2.77. The van der Waals surface area contributed by atoms with Gasteiger partial charge in [-0.2, -0.15) is 0 Å². The molecule has 0 bridgehead atoms. The number of nitrogens with zero attached hydrogens (tertiary/aromatic N) is 4. The summed E-state index contributed by atoms with van der Waals surface area (Å²) in [7, 11) is 4.09. The summed E-state index contributed by atoms with van der Waals surface area (Å²) in [5.41, 5.74) is 5.21. The lowest BCUT2D eigenvalue weighted by Crippen LogP contribution is -2.23. The van der Waals surface area contributed by atoms with Gasteiger partial charge in [0.2, 0.25) is 5.91 Å². The minimum absolute atomic E-state index is 0.238. The van der Waals surface area contributed by atoms with Crippen LogP contribution in [0, 0.1) is 0 Å². The Labute approximate surface area is 125 Å². The highest BCUT2D eigenvalue weighted by atomic mass is 32.2. The summed E-state index contributed by atoms with van der Waals surface area (Å²) in [6.45, 7) is 5.17. The van der Waals surface area contributed by atoms with E-state index in [0.717, 1.165) is 36.8 Å². The van der Waals surface area contributed by atoms with Crippen LogP contribution in [0.1, 0.15) is 45.0 Å². The zero-order chi connectivity index (χ0) is 15.1. The van der Waals surface area contributed by atoms with Crippen molar-refractivity contribution in [3.63, 3.8) is 0 Å². The third kappa shape index (κ3) is 4.49. The van der Waals surface area contributed by atoms with E-state index in [9.17, 15) is 4.79 Å². The van der Waals surface area contributed by atoms with Gasteiger partial charge in [-0.1, -0.05) is 32.0 Å². The molecule has 1 heterocycles. The number of aromatic nitrogens is 3. The van der Waals surface area contributed by atoms with Gasteiger partial charge in [-0.05, 0) is 26.9 Å². The lowest BCUT2D eigenvalue weighted by molar-refractivity contribution is -0.115. The van der Waals surface area contributed by atoms with Gasteiger partial charge in [0.1, 0.15) is 0 Å². The Bertz CT molecular complexity index is 432. The number of unbranched alkanes of at least 4 members (excludes halogenated alkanes) is 1. The van der Waals surface area contributed by atoms with Gasteiger partial charge in [0.05, 0.1) is 11.8 Å². The van der Waals surface area contributed by atoms with Crippen LogP contribution >= 0.6 is 11.8 Å². The van der Waals surface area contributed by atoms with Crippen molar-refractivity contribution in [1.29, 1.82) is 0 Å². The first-order valence-corrected chi connectivity index (χ1v) is 8.00. The summed E-state index contributed by atoms with van der Waals surface area (Å²) >= 11 is 1.36. The Hall–Kier alpha value is -1.08. The van der Waals surface area contributed by atoms with Gasteiger partial charge in [-0.15, -0.1) is 10.2 Å². The third-order valence-electron chi connectivity index (χ3n) is 3.13. The summed E-state index contributed by atoms with van der Waals surface area (Å²) in [6, 6.07) is 0.238. The van der Waals surface area contributed by atoms with Crippen LogP contribution in [0.4, 0.5) is 0 Å². The van der Waals surface area contributed by atoms with Crippen molar-refractivity contribution in [1.82, 2.24) is 19.7 Å². The van der Waals surface area contributed by atoms with Gasteiger partial charge in [-0.25, -0.2) is 0 Å². The van der Waals surface area contributed by atoms with E-state index in [1.165, 1.54) is 11.8 Å². The molecular weight excluding hydrogens is 274 g/mol. The normalized spacial score (nSPS) is 12.8. The fraction of sp³-hybridized carbons (Fsp3) is 0.769. The number of carbonyl (C=O) groups is 1. The van der Waals surface area contributed by atoms with E-state index in [-0.39, 0.29) is 17.7 Å². The molecular formula is C13H25N5OS. The number of rotatable bonds is 9. The molecule has 0 saturated heterocycles. The average molecular weight is 299 g/mol. The van der Waals surface area contributed by atoms with Crippen molar-refractivity contribution >= 4 is 17.7 Å². The molecule has 2 N–H and O–H groups in total. The molecule has 0 saturated carbocycles. The Balaban J connectivity index is 3.00. The molecule has 0 aromatic carbocycles. The van der Waals surface area contributed by atoms with Gasteiger partial charge >= 0.3 is 0 Å². The topological polar surface area (TPSA) is 77.0 Å². The van der Waals surface area contributed by atoms with Crippen LogP contribution in [0.2, 0.25) is 0 Å². The molecule has 0 aliphatic heterocycles. The van der Waals surface area contributed by atoms with Gasteiger partial charge in [-0.3, -0.25) is 9.69 Å². The molecule has 6 nitrogen and oxygen atoms in total. The van der Waals surface area contributed by atoms with E-state index in [4.69, 9.17) is 5.73 Å². The maximum atomic E-state index is 10.9. The fourth-order valence-corrected chi connectivity index (χ4v) is 2.80. The van der Waals surface area contributed by atoms with Crippen LogP contribution in [0.25, 0.3) is 0 Å². The van der Waals surface area contributed by atoms with E-state index in [1.807, 2.05) is 14.1 Å². The second-order valence-electron chi connectivity index (χ2n) is 4.99. The lowest BCUT2D eigenvalue weighted by Gasteiger charge is -2.23. The molecule has 0 spiro atoms. The molecule has 7 heteroatoms. The number of hydrogen-bond donors (Lipinski definition) is 1. The van der Waals surface area contributed by atoms with Crippen LogP contribution < -0.4 is 5.73 Å². The Morgan fingerprint density at radius 2 is 2.10 bits per heavy atom. The number of hydrogen-bond acceptors (Lipinski definition) is 5. The van der Waals surface area contributed by atoms with E-state index in [1.54, 1.807) is 0 Å². The molecule has 1 amide bonds. The van der Waals surface area contributed by atoms with Gasteiger partial charge < -0.3 is 10.3 Å². The van der Waals surface area contributed by atoms with Crippen LogP contribution in [0.3, 0.4) is 0 Å². The first-order chi connectivity index (χ1) is 9.51. The maximum Gasteiger partial charge on any atom is 0.227 e. The molecule has 1 rings (SSSR count). The minimum Gasteiger partial charge on any atom is -0.369 e. The van der Waals surface area contributed by atoms with Crippen molar-refractivity contribution in [2.45, 2.75) is 50.9 Å². The molecule has 20 heavy (non-hydrogen) atoms. The zero-order valence-corrected chi connectivity index (χ0v) is 13.6. The summed E-state index contributed by atoms with van der Waals surface area (Å²) in [6.07, 6.45) is 3.15. The molecule has 0 radical (unpaired) electrons. The largest absolute Gasteiger partial charge is 0.369 e. The number of carbonyl (C=O) groups excluding carboxylic acids is 1. The van der Waals surface area contributed by atoms with Gasteiger partial charge in [0.15, 0.2) is 11.0 Å². The quantitative estimate of drug-likeness (QED) is 0.702. The predicted molar refractivity (Wildman–Crippen MR) is 81.6 cm³/mol. The smallest absolute Gasteiger partial charge is 0.227 e. The Kier molecular flexibility index (Phi) is 7.01. The molecule has 1 atom stereocenters. The monoisotopic (exact) mass is 299 g/mol.